The second kappa shape index (κ2) is 11.3. The molecule has 0 N–H and O–H groups in total. The predicted molar refractivity (Wildman–Crippen MR) is 155 cm³/mol. The van der Waals surface area contributed by atoms with E-state index in [2.05, 4.69) is 31.2 Å². The predicted octanol–water partition coefficient (Wildman–Crippen LogP) is 8.69. The quantitative estimate of drug-likeness (QED) is 0.228. The summed E-state index contributed by atoms with van der Waals surface area (Å²) in [6.07, 6.45) is 1.87. The Hall–Kier alpha value is -3.51. The Labute approximate surface area is 230 Å². The molecule has 1 heterocycles. The number of carbonyl (C=O) groups is 1. The molecular formula is C30H22Cl2N2O2S. The van der Waals surface area contributed by atoms with Crippen LogP contribution in [-0.2, 0) is 11.4 Å². The maximum atomic E-state index is 13.5. The highest BCUT2D eigenvalue weighted by Crippen LogP contribution is 2.38. The smallest absolute Gasteiger partial charge is 0.271 e. The number of benzene rings is 4. The van der Waals surface area contributed by atoms with Crippen molar-refractivity contribution in [3.05, 3.63) is 129 Å². The molecule has 0 aliphatic carbocycles. The monoisotopic (exact) mass is 544 g/mol. The molecule has 0 aromatic heterocycles. The summed E-state index contributed by atoms with van der Waals surface area (Å²) in [6, 6.07) is 30.3. The molecule has 4 aromatic rings. The van der Waals surface area contributed by atoms with E-state index in [-0.39, 0.29) is 5.91 Å². The summed E-state index contributed by atoms with van der Waals surface area (Å²) in [5.74, 6) is 0.612. The molecule has 1 saturated heterocycles. The first-order chi connectivity index (χ1) is 17.9. The van der Waals surface area contributed by atoms with Crippen LogP contribution in [0.15, 0.2) is 107 Å². The van der Waals surface area contributed by atoms with Gasteiger partial charge in [-0.25, -0.2) is 4.99 Å². The Kier molecular flexibility index (Phi) is 7.65. The van der Waals surface area contributed by atoms with E-state index in [9.17, 15) is 4.79 Å². The molecule has 0 bridgehead atoms. The summed E-state index contributed by atoms with van der Waals surface area (Å²) in [5, 5.41) is 1.78. The van der Waals surface area contributed by atoms with Gasteiger partial charge in [-0.3, -0.25) is 9.69 Å². The second-order valence-corrected chi connectivity index (χ2v) is 10.3. The van der Waals surface area contributed by atoms with Crippen LogP contribution >= 0.6 is 35.0 Å². The highest BCUT2D eigenvalue weighted by Gasteiger charge is 2.34. The van der Waals surface area contributed by atoms with Crippen LogP contribution in [0.5, 0.6) is 5.75 Å². The van der Waals surface area contributed by atoms with Crippen molar-refractivity contribution >= 4 is 63.5 Å². The lowest BCUT2D eigenvalue weighted by atomic mass is 10.1. The van der Waals surface area contributed by atoms with Crippen LogP contribution < -0.4 is 9.64 Å². The zero-order valence-electron chi connectivity index (χ0n) is 19.9. The van der Waals surface area contributed by atoms with Crippen molar-refractivity contribution in [1.29, 1.82) is 0 Å². The summed E-state index contributed by atoms with van der Waals surface area (Å²) in [6.45, 7) is 2.56. The number of anilines is 1. The number of hydrogen-bond acceptors (Lipinski definition) is 4. The van der Waals surface area contributed by atoms with Crippen molar-refractivity contribution in [2.75, 3.05) is 4.90 Å². The molecule has 4 aromatic carbocycles. The molecule has 0 radical (unpaired) electrons. The minimum atomic E-state index is -0.153. The van der Waals surface area contributed by atoms with Gasteiger partial charge in [0.25, 0.3) is 5.91 Å². The van der Waals surface area contributed by atoms with Gasteiger partial charge in [0.1, 0.15) is 12.4 Å². The number of thioether (sulfide) groups is 1. The van der Waals surface area contributed by atoms with E-state index < -0.39 is 0 Å². The normalized spacial score (nSPS) is 15.5. The molecule has 0 saturated carbocycles. The van der Waals surface area contributed by atoms with E-state index in [0.29, 0.717) is 38.1 Å². The molecule has 4 nitrogen and oxygen atoms in total. The summed E-state index contributed by atoms with van der Waals surface area (Å²) in [7, 11) is 0. The van der Waals surface area contributed by atoms with Gasteiger partial charge in [0.05, 0.1) is 16.3 Å². The number of nitrogens with zero attached hydrogens (tertiary/aromatic N) is 2. The Morgan fingerprint density at radius 2 is 1.46 bits per heavy atom. The van der Waals surface area contributed by atoms with Crippen LogP contribution in [0.25, 0.3) is 6.08 Å². The zero-order valence-corrected chi connectivity index (χ0v) is 22.2. The maximum absolute atomic E-state index is 13.5. The highest BCUT2D eigenvalue weighted by molar-refractivity contribution is 8.19. The lowest BCUT2D eigenvalue weighted by Crippen LogP contribution is -2.28. The first-order valence-electron chi connectivity index (χ1n) is 11.6. The van der Waals surface area contributed by atoms with Gasteiger partial charge in [0, 0.05) is 10.0 Å². The van der Waals surface area contributed by atoms with E-state index in [1.165, 1.54) is 17.3 Å². The van der Waals surface area contributed by atoms with Crippen molar-refractivity contribution in [3.63, 3.8) is 0 Å². The number of amidine groups is 1. The summed E-state index contributed by atoms with van der Waals surface area (Å²) >= 11 is 13.4. The fourth-order valence-electron chi connectivity index (χ4n) is 3.66. The fraction of sp³-hybridized carbons (Fsp3) is 0.0667. The molecule has 1 aliphatic rings. The third-order valence-electron chi connectivity index (χ3n) is 5.65. The van der Waals surface area contributed by atoms with Crippen molar-refractivity contribution < 1.29 is 9.53 Å². The molecule has 0 unspecified atom stereocenters. The third kappa shape index (κ3) is 6.25. The Bertz CT molecular complexity index is 1460. The van der Waals surface area contributed by atoms with Crippen LogP contribution in [0, 0.1) is 6.92 Å². The van der Waals surface area contributed by atoms with E-state index in [1.54, 1.807) is 41.3 Å². The SMILES string of the molecule is Cc1ccc(COc2ccc(/C=C3\SC(=Nc4ccc(Cl)cc4)N(c4ccc(Cl)cc4)C3=O)cc2)cc1. The molecule has 37 heavy (non-hydrogen) atoms. The number of aryl methyl sites for hydroxylation is 1. The lowest BCUT2D eigenvalue weighted by Gasteiger charge is -2.15. The molecule has 5 rings (SSSR count). The van der Waals surface area contributed by atoms with Crippen molar-refractivity contribution in [2.24, 2.45) is 4.99 Å². The maximum Gasteiger partial charge on any atom is 0.271 e. The Morgan fingerprint density at radius 3 is 2.11 bits per heavy atom. The van der Waals surface area contributed by atoms with Gasteiger partial charge >= 0.3 is 0 Å². The summed E-state index contributed by atoms with van der Waals surface area (Å²) < 4.78 is 5.91. The second-order valence-electron chi connectivity index (χ2n) is 8.44. The molecule has 0 spiro atoms. The Balaban J connectivity index is 1.38. The number of ether oxygens (including phenoxy) is 1. The minimum absolute atomic E-state index is 0.153. The molecular weight excluding hydrogens is 523 g/mol. The van der Waals surface area contributed by atoms with Crippen molar-refractivity contribution in [1.82, 2.24) is 0 Å². The molecule has 1 fully saturated rings. The number of aliphatic imine (C=N–C) groups is 1. The average Bonchev–Trinajstić information content (AvgIpc) is 3.20. The topological polar surface area (TPSA) is 41.9 Å². The number of rotatable bonds is 6. The van der Waals surface area contributed by atoms with Crippen molar-refractivity contribution in [2.45, 2.75) is 13.5 Å². The highest BCUT2D eigenvalue weighted by atomic mass is 35.5. The molecule has 7 heteroatoms. The van der Waals surface area contributed by atoms with E-state index in [4.69, 9.17) is 32.9 Å². The average molecular weight is 545 g/mol. The fourth-order valence-corrected chi connectivity index (χ4v) is 4.91. The van der Waals surface area contributed by atoms with Gasteiger partial charge in [-0.1, -0.05) is 65.2 Å². The van der Waals surface area contributed by atoms with Gasteiger partial charge in [0.15, 0.2) is 5.17 Å². The molecule has 1 aliphatic heterocycles. The lowest BCUT2D eigenvalue weighted by molar-refractivity contribution is -0.113. The number of hydrogen-bond donors (Lipinski definition) is 0. The summed E-state index contributed by atoms with van der Waals surface area (Å²) in [5.41, 5.74) is 4.62. The molecule has 1 amide bonds. The van der Waals surface area contributed by atoms with Crippen molar-refractivity contribution in [3.8, 4) is 5.75 Å². The van der Waals surface area contributed by atoms with E-state index >= 15 is 0 Å². The minimum Gasteiger partial charge on any atom is -0.489 e. The van der Waals surface area contributed by atoms with Gasteiger partial charge in [0.2, 0.25) is 0 Å². The largest absolute Gasteiger partial charge is 0.489 e. The van der Waals surface area contributed by atoms with Crippen LogP contribution in [0.3, 0.4) is 0 Å². The van der Waals surface area contributed by atoms with Gasteiger partial charge < -0.3 is 4.74 Å². The zero-order chi connectivity index (χ0) is 25.8. The van der Waals surface area contributed by atoms with E-state index in [1.807, 2.05) is 42.5 Å². The van der Waals surface area contributed by atoms with E-state index in [0.717, 1.165) is 16.9 Å². The first kappa shape index (κ1) is 25.2. The summed E-state index contributed by atoms with van der Waals surface area (Å²) in [4.78, 5) is 20.4. The number of carbonyl (C=O) groups excluding carboxylic acids is 1. The Morgan fingerprint density at radius 1 is 0.838 bits per heavy atom. The van der Waals surface area contributed by atoms with Crippen LogP contribution in [0.1, 0.15) is 16.7 Å². The molecule has 184 valence electrons. The number of halogens is 2. The molecule has 0 atom stereocenters. The van der Waals surface area contributed by atoms with Gasteiger partial charge in [-0.2, -0.15) is 0 Å². The first-order valence-corrected chi connectivity index (χ1v) is 13.1. The standard InChI is InChI=1S/C30H22Cl2N2O2S/c1-20-2-4-22(5-3-20)19-36-27-16-6-21(7-17-27)18-28-29(35)34(26-14-10-24(32)11-15-26)30(37-28)33-25-12-8-23(31)9-13-25/h2-18H,19H2,1H3/b28-18-,33-30?. The van der Waals surface area contributed by atoms with Crippen LogP contribution in [-0.4, -0.2) is 11.1 Å². The van der Waals surface area contributed by atoms with Gasteiger partial charge in [-0.15, -0.1) is 0 Å². The third-order valence-corrected chi connectivity index (χ3v) is 7.12. The van der Waals surface area contributed by atoms with Crippen LogP contribution in [0.2, 0.25) is 10.0 Å². The number of amides is 1. The van der Waals surface area contributed by atoms with Gasteiger partial charge in [-0.05, 0) is 96.6 Å². The van der Waals surface area contributed by atoms with Crippen LogP contribution in [0.4, 0.5) is 11.4 Å².